The number of aromatic amines is 1. The summed E-state index contributed by atoms with van der Waals surface area (Å²) < 4.78 is 7.07. The second-order valence-electron chi connectivity index (χ2n) is 7.32. The van der Waals surface area contributed by atoms with Crippen molar-refractivity contribution in [3.63, 3.8) is 0 Å². The van der Waals surface area contributed by atoms with E-state index in [1.165, 1.54) is 0 Å². The maximum atomic E-state index is 12.5. The first kappa shape index (κ1) is 18.1. The summed E-state index contributed by atoms with van der Waals surface area (Å²) in [7, 11) is 0. The maximum Gasteiger partial charge on any atom is 0.326 e. The Morgan fingerprint density at radius 2 is 2.03 bits per heavy atom. The number of anilines is 1. The Balaban J connectivity index is 1.54. The van der Waals surface area contributed by atoms with E-state index in [-0.39, 0.29) is 12.5 Å². The Hall–Kier alpha value is -3.94. The number of H-pyrrole nitrogens is 1. The van der Waals surface area contributed by atoms with Crippen LogP contribution in [0.3, 0.4) is 0 Å². The van der Waals surface area contributed by atoms with Gasteiger partial charge >= 0.3 is 5.97 Å². The van der Waals surface area contributed by atoms with Crippen molar-refractivity contribution in [2.75, 3.05) is 11.9 Å². The molecule has 0 saturated heterocycles. The second kappa shape index (κ2) is 6.55. The number of esters is 1. The third-order valence-corrected chi connectivity index (χ3v) is 5.49. The Kier molecular flexibility index (Phi) is 3.95. The third-order valence-electron chi connectivity index (χ3n) is 5.49. The van der Waals surface area contributed by atoms with Crippen LogP contribution in [-0.2, 0) is 19.7 Å². The quantitative estimate of drug-likeness (QED) is 0.404. The van der Waals surface area contributed by atoms with Gasteiger partial charge in [-0.3, -0.25) is 9.59 Å². The molecule has 2 N–H and O–H groups in total. The summed E-state index contributed by atoms with van der Waals surface area (Å²) in [5.74, 6) is -0.250. The molecule has 1 amide bonds. The highest BCUT2D eigenvalue weighted by molar-refractivity contribution is 6.19. The van der Waals surface area contributed by atoms with Crippen LogP contribution in [0.5, 0.6) is 0 Å². The van der Waals surface area contributed by atoms with Crippen molar-refractivity contribution in [2.24, 2.45) is 0 Å². The van der Waals surface area contributed by atoms with E-state index in [0.717, 1.165) is 16.8 Å². The first-order valence-electron chi connectivity index (χ1n) is 9.62. The molecule has 30 heavy (non-hydrogen) atoms. The van der Waals surface area contributed by atoms with Gasteiger partial charge in [-0.1, -0.05) is 0 Å². The van der Waals surface area contributed by atoms with Crippen LogP contribution in [0, 0.1) is 0 Å². The van der Waals surface area contributed by atoms with Gasteiger partial charge in [0.1, 0.15) is 5.82 Å². The average Bonchev–Trinajstić information content (AvgIpc) is 3.47. The minimum atomic E-state index is -1.38. The van der Waals surface area contributed by atoms with Crippen molar-refractivity contribution in [1.29, 1.82) is 0 Å². The van der Waals surface area contributed by atoms with E-state index in [1.807, 2.05) is 41.1 Å². The van der Waals surface area contributed by atoms with Crippen LogP contribution in [-0.4, -0.2) is 38.0 Å². The molecule has 2 aromatic carbocycles. The van der Waals surface area contributed by atoms with Gasteiger partial charge in [-0.15, -0.1) is 0 Å². The molecule has 0 radical (unpaired) electrons. The highest BCUT2D eigenvalue weighted by Gasteiger charge is 2.50. The van der Waals surface area contributed by atoms with E-state index in [1.54, 1.807) is 32.4 Å². The van der Waals surface area contributed by atoms with Crippen LogP contribution in [0.2, 0.25) is 0 Å². The Morgan fingerprint density at radius 1 is 1.23 bits per heavy atom. The Bertz CT molecular complexity index is 1270. The summed E-state index contributed by atoms with van der Waals surface area (Å²) in [5.41, 5.74) is 3.16. The van der Waals surface area contributed by atoms with Crippen molar-refractivity contribution in [3.05, 3.63) is 60.7 Å². The van der Waals surface area contributed by atoms with Crippen LogP contribution >= 0.6 is 0 Å². The molecule has 0 bridgehead atoms. The fourth-order valence-corrected chi connectivity index (χ4v) is 3.76. The molecule has 1 atom stereocenters. The molecule has 1 unspecified atom stereocenters. The second-order valence-corrected chi connectivity index (χ2v) is 7.32. The van der Waals surface area contributed by atoms with Crippen LogP contribution in [0.1, 0.15) is 19.4 Å². The molecular formula is C22H19N5O3. The lowest BCUT2D eigenvalue weighted by Gasteiger charge is -2.19. The molecule has 0 saturated carbocycles. The molecule has 1 aliphatic heterocycles. The van der Waals surface area contributed by atoms with Gasteiger partial charge in [-0.25, -0.2) is 9.97 Å². The molecule has 1 aliphatic rings. The lowest BCUT2D eigenvalue weighted by Crippen LogP contribution is -2.40. The van der Waals surface area contributed by atoms with Gasteiger partial charge in [-0.05, 0) is 50.2 Å². The highest BCUT2D eigenvalue weighted by atomic mass is 16.5. The predicted molar refractivity (Wildman–Crippen MR) is 111 cm³/mol. The number of hydrogen-bond acceptors (Lipinski definition) is 5. The summed E-state index contributed by atoms with van der Waals surface area (Å²) in [5, 5.41) is 2.80. The van der Waals surface area contributed by atoms with Crippen molar-refractivity contribution >= 4 is 28.6 Å². The molecule has 8 heteroatoms. The summed E-state index contributed by atoms with van der Waals surface area (Å²) in [6, 6.07) is 11.5. The summed E-state index contributed by atoms with van der Waals surface area (Å²) >= 11 is 0. The zero-order chi connectivity index (χ0) is 20.9. The van der Waals surface area contributed by atoms with Gasteiger partial charge in [0.25, 0.3) is 0 Å². The van der Waals surface area contributed by atoms with Gasteiger partial charge < -0.3 is 19.6 Å². The van der Waals surface area contributed by atoms with Gasteiger partial charge in [-0.2, -0.15) is 0 Å². The van der Waals surface area contributed by atoms with Crippen LogP contribution < -0.4 is 5.32 Å². The number of rotatable bonds is 4. The van der Waals surface area contributed by atoms with E-state index < -0.39 is 11.4 Å². The average molecular weight is 401 g/mol. The van der Waals surface area contributed by atoms with Gasteiger partial charge in [0.05, 0.1) is 24.0 Å². The topological polar surface area (TPSA) is 102 Å². The zero-order valence-corrected chi connectivity index (χ0v) is 16.5. The molecule has 150 valence electrons. The smallest absolute Gasteiger partial charge is 0.326 e. The molecule has 0 fully saturated rings. The molecular weight excluding hydrogens is 382 g/mol. The molecule has 5 rings (SSSR count). The van der Waals surface area contributed by atoms with E-state index >= 15 is 0 Å². The number of amides is 1. The first-order chi connectivity index (χ1) is 14.5. The van der Waals surface area contributed by atoms with Crippen LogP contribution in [0.25, 0.3) is 28.1 Å². The van der Waals surface area contributed by atoms with Crippen molar-refractivity contribution in [3.8, 4) is 17.1 Å². The van der Waals surface area contributed by atoms with Crippen LogP contribution in [0.4, 0.5) is 5.69 Å². The van der Waals surface area contributed by atoms with E-state index in [2.05, 4.69) is 20.3 Å². The highest BCUT2D eigenvalue weighted by Crippen LogP contribution is 2.41. The maximum absolute atomic E-state index is 12.5. The standard InChI is InChI=1S/C22H19N5O3/c1-3-30-21(29)22(2)15-10-17-18(11-16(15)26-20(22)28)25-19(24-17)13-4-6-14(7-5-13)27-9-8-23-12-27/h4-12H,3H2,1-2H3,(H,24,25)(H,26,28). The fourth-order valence-electron chi connectivity index (χ4n) is 3.76. The minimum absolute atomic E-state index is 0.209. The number of carbonyl (C=O) groups excluding carboxylic acids is 2. The normalized spacial score (nSPS) is 17.7. The van der Waals surface area contributed by atoms with Crippen LogP contribution in [0.15, 0.2) is 55.1 Å². The largest absolute Gasteiger partial charge is 0.465 e. The molecule has 2 aromatic heterocycles. The van der Waals surface area contributed by atoms with Crippen molar-refractivity contribution in [1.82, 2.24) is 19.5 Å². The summed E-state index contributed by atoms with van der Waals surface area (Å²) in [6.45, 7) is 3.51. The lowest BCUT2D eigenvalue weighted by molar-refractivity contribution is -0.152. The number of fused-ring (bicyclic) bond motifs is 2. The number of nitrogens with zero attached hydrogens (tertiary/aromatic N) is 3. The fraction of sp³-hybridized carbons (Fsp3) is 0.182. The SMILES string of the molecule is CCOC(=O)C1(C)C(=O)Nc2cc3[nH]c(-c4ccc(-n5ccnc5)cc4)nc3cc21. The predicted octanol–water partition coefficient (Wildman–Crippen LogP) is 3.19. The number of nitrogens with one attached hydrogen (secondary N) is 2. The number of aromatic nitrogens is 4. The van der Waals surface area contributed by atoms with E-state index in [0.29, 0.717) is 22.6 Å². The zero-order valence-electron chi connectivity index (χ0n) is 16.5. The monoisotopic (exact) mass is 401 g/mol. The number of ether oxygens (including phenoxy) is 1. The third kappa shape index (κ3) is 2.61. The Morgan fingerprint density at radius 3 is 2.73 bits per heavy atom. The number of benzene rings is 2. The minimum Gasteiger partial charge on any atom is -0.465 e. The molecule has 4 aromatic rings. The lowest BCUT2D eigenvalue weighted by atomic mass is 9.83. The number of carbonyl (C=O) groups is 2. The summed E-state index contributed by atoms with van der Waals surface area (Å²) in [4.78, 5) is 37.1. The number of hydrogen-bond donors (Lipinski definition) is 2. The van der Waals surface area contributed by atoms with E-state index in [9.17, 15) is 9.59 Å². The van der Waals surface area contributed by atoms with Gasteiger partial charge in [0.15, 0.2) is 5.41 Å². The van der Waals surface area contributed by atoms with Crippen molar-refractivity contribution < 1.29 is 14.3 Å². The van der Waals surface area contributed by atoms with E-state index in [4.69, 9.17) is 4.74 Å². The first-order valence-corrected chi connectivity index (χ1v) is 9.62. The molecule has 0 spiro atoms. The molecule has 0 aliphatic carbocycles. The molecule has 8 nitrogen and oxygen atoms in total. The van der Waals surface area contributed by atoms with Crippen molar-refractivity contribution in [2.45, 2.75) is 19.3 Å². The van der Waals surface area contributed by atoms with Gasteiger partial charge in [0, 0.05) is 34.9 Å². The number of imidazole rings is 2. The summed E-state index contributed by atoms with van der Waals surface area (Å²) in [6.07, 6.45) is 5.36. The van der Waals surface area contributed by atoms with Gasteiger partial charge in [0.2, 0.25) is 5.91 Å². The Labute approximate surface area is 171 Å². The molecule has 3 heterocycles.